The van der Waals surface area contributed by atoms with Crippen LogP contribution in [0.25, 0.3) is 0 Å². The maximum Gasteiger partial charge on any atom is 0.144 e. The third-order valence-corrected chi connectivity index (χ3v) is 4.12. The highest BCUT2D eigenvalue weighted by atomic mass is 16.5. The van der Waals surface area contributed by atoms with Crippen LogP contribution in [0.15, 0.2) is 6.07 Å². The van der Waals surface area contributed by atoms with E-state index in [0.717, 1.165) is 31.7 Å². The summed E-state index contributed by atoms with van der Waals surface area (Å²) >= 11 is 0. The Balaban J connectivity index is 1.89. The average molecular weight is 257 g/mol. The van der Waals surface area contributed by atoms with E-state index in [2.05, 4.69) is 18.3 Å². The summed E-state index contributed by atoms with van der Waals surface area (Å²) in [4.78, 5) is 4.69. The Kier molecular flexibility index (Phi) is 3.39. The smallest absolute Gasteiger partial charge is 0.144 e. The molecular formula is C15H19N3O. The van der Waals surface area contributed by atoms with Crippen molar-refractivity contribution >= 4 is 5.82 Å². The summed E-state index contributed by atoms with van der Waals surface area (Å²) in [5, 5.41) is 12.7. The quantitative estimate of drug-likeness (QED) is 0.884. The van der Waals surface area contributed by atoms with Gasteiger partial charge in [-0.15, -0.1) is 0 Å². The normalized spacial score (nSPS) is 25.7. The van der Waals surface area contributed by atoms with E-state index in [1.165, 1.54) is 24.1 Å². The first kappa shape index (κ1) is 12.4. The lowest BCUT2D eigenvalue weighted by Crippen LogP contribution is -2.28. The van der Waals surface area contributed by atoms with Gasteiger partial charge in [0.1, 0.15) is 11.9 Å². The van der Waals surface area contributed by atoms with E-state index >= 15 is 0 Å². The van der Waals surface area contributed by atoms with Gasteiger partial charge in [-0.3, -0.25) is 0 Å². The van der Waals surface area contributed by atoms with E-state index in [9.17, 15) is 5.26 Å². The molecule has 1 aliphatic carbocycles. The number of nitrogens with one attached hydrogen (secondary N) is 1. The summed E-state index contributed by atoms with van der Waals surface area (Å²) in [6, 6.07) is 4.55. The first-order valence-corrected chi connectivity index (χ1v) is 7.09. The van der Waals surface area contributed by atoms with Crippen LogP contribution in [0, 0.1) is 11.3 Å². The Hall–Kier alpha value is -1.60. The number of rotatable bonds is 2. The molecule has 1 aliphatic heterocycles. The lowest BCUT2D eigenvalue weighted by atomic mass is 9.95. The van der Waals surface area contributed by atoms with Crippen LogP contribution in [0.4, 0.5) is 5.82 Å². The van der Waals surface area contributed by atoms with Crippen molar-refractivity contribution in [2.24, 2.45) is 0 Å². The fourth-order valence-corrected chi connectivity index (χ4v) is 2.93. The molecule has 1 aromatic rings. The zero-order valence-corrected chi connectivity index (χ0v) is 11.3. The average Bonchev–Trinajstić information content (AvgIpc) is 2.83. The third kappa shape index (κ3) is 2.43. The zero-order valence-electron chi connectivity index (χ0n) is 11.3. The van der Waals surface area contributed by atoms with Gasteiger partial charge in [0.2, 0.25) is 0 Å². The van der Waals surface area contributed by atoms with Crippen LogP contribution in [0.1, 0.15) is 43.0 Å². The van der Waals surface area contributed by atoms with Gasteiger partial charge >= 0.3 is 0 Å². The van der Waals surface area contributed by atoms with Gasteiger partial charge in [-0.1, -0.05) is 0 Å². The Morgan fingerprint density at radius 1 is 1.42 bits per heavy atom. The summed E-state index contributed by atoms with van der Waals surface area (Å²) in [6.07, 6.45) is 5.66. The number of aromatic nitrogens is 1. The standard InChI is InChI=1S/C15H19N3O/c1-10-13(6-7-19-10)17-15-12(9-16)8-11-4-2-3-5-14(11)18-15/h8,10,13H,2-7H2,1H3,(H,17,18). The topological polar surface area (TPSA) is 57.9 Å². The second-order valence-electron chi connectivity index (χ2n) is 5.42. The minimum atomic E-state index is 0.185. The van der Waals surface area contributed by atoms with Gasteiger partial charge in [0.05, 0.1) is 17.7 Å². The molecule has 0 amide bonds. The number of ether oxygens (including phenoxy) is 1. The first-order chi connectivity index (χ1) is 9.28. The van der Waals surface area contributed by atoms with E-state index in [0.29, 0.717) is 5.56 Å². The highest BCUT2D eigenvalue weighted by Gasteiger charge is 2.25. The minimum absolute atomic E-state index is 0.185. The molecule has 3 rings (SSSR count). The molecule has 2 heterocycles. The van der Waals surface area contributed by atoms with Crippen LogP contribution in [0.2, 0.25) is 0 Å². The molecule has 1 fully saturated rings. The van der Waals surface area contributed by atoms with Crippen LogP contribution in [-0.2, 0) is 17.6 Å². The predicted molar refractivity (Wildman–Crippen MR) is 73.0 cm³/mol. The van der Waals surface area contributed by atoms with E-state index in [-0.39, 0.29) is 12.1 Å². The van der Waals surface area contributed by atoms with Crippen LogP contribution in [-0.4, -0.2) is 23.7 Å². The lowest BCUT2D eigenvalue weighted by molar-refractivity contribution is 0.121. The Morgan fingerprint density at radius 2 is 2.26 bits per heavy atom. The fraction of sp³-hybridized carbons (Fsp3) is 0.600. The minimum Gasteiger partial charge on any atom is -0.376 e. The number of fused-ring (bicyclic) bond motifs is 1. The molecule has 4 heteroatoms. The largest absolute Gasteiger partial charge is 0.376 e. The number of nitrogens with zero attached hydrogens (tertiary/aromatic N) is 2. The van der Waals surface area contributed by atoms with Gasteiger partial charge in [-0.05, 0) is 50.7 Å². The molecule has 1 N–H and O–H groups in total. The molecule has 2 unspecified atom stereocenters. The molecular weight excluding hydrogens is 238 g/mol. The van der Waals surface area contributed by atoms with Crippen LogP contribution in [0.3, 0.4) is 0 Å². The summed E-state index contributed by atoms with van der Waals surface area (Å²) in [5.41, 5.74) is 3.09. The third-order valence-electron chi connectivity index (χ3n) is 4.12. The summed E-state index contributed by atoms with van der Waals surface area (Å²) in [5.74, 6) is 0.741. The van der Waals surface area contributed by atoms with Crippen molar-refractivity contribution in [3.63, 3.8) is 0 Å². The monoisotopic (exact) mass is 257 g/mol. The molecule has 0 bridgehead atoms. The van der Waals surface area contributed by atoms with E-state index < -0.39 is 0 Å². The summed E-state index contributed by atoms with van der Waals surface area (Å²) < 4.78 is 5.55. The van der Waals surface area contributed by atoms with Gasteiger partial charge in [-0.2, -0.15) is 5.26 Å². The molecule has 0 radical (unpaired) electrons. The van der Waals surface area contributed by atoms with Crippen LogP contribution < -0.4 is 5.32 Å². The number of aryl methyl sites for hydroxylation is 2. The molecule has 19 heavy (non-hydrogen) atoms. The number of anilines is 1. The first-order valence-electron chi connectivity index (χ1n) is 7.09. The van der Waals surface area contributed by atoms with E-state index in [1.807, 2.05) is 6.07 Å². The zero-order chi connectivity index (χ0) is 13.2. The summed E-state index contributed by atoms with van der Waals surface area (Å²) in [6.45, 7) is 2.85. The second-order valence-corrected chi connectivity index (χ2v) is 5.42. The molecule has 1 saturated heterocycles. The predicted octanol–water partition coefficient (Wildman–Crippen LogP) is 2.42. The molecule has 100 valence electrons. The maximum absolute atomic E-state index is 9.30. The highest BCUT2D eigenvalue weighted by molar-refractivity contribution is 5.55. The molecule has 2 aliphatic rings. The van der Waals surface area contributed by atoms with Crippen LogP contribution in [0.5, 0.6) is 0 Å². The van der Waals surface area contributed by atoms with Gasteiger partial charge in [0, 0.05) is 12.3 Å². The van der Waals surface area contributed by atoms with Gasteiger partial charge in [0.25, 0.3) is 0 Å². The Labute approximate surface area is 113 Å². The Bertz CT molecular complexity index is 521. The maximum atomic E-state index is 9.30. The number of hydrogen-bond acceptors (Lipinski definition) is 4. The molecule has 1 aromatic heterocycles. The molecule has 0 spiro atoms. The molecule has 0 aromatic carbocycles. The van der Waals surface area contributed by atoms with Crippen molar-refractivity contribution in [1.82, 2.24) is 4.98 Å². The van der Waals surface area contributed by atoms with Gasteiger partial charge in [0.15, 0.2) is 0 Å². The highest BCUT2D eigenvalue weighted by Crippen LogP contribution is 2.26. The summed E-state index contributed by atoms with van der Waals surface area (Å²) in [7, 11) is 0. The van der Waals surface area contributed by atoms with Crippen molar-refractivity contribution in [1.29, 1.82) is 5.26 Å². The SMILES string of the molecule is CC1OCCC1Nc1nc2c(cc1C#N)CCCC2. The van der Waals surface area contributed by atoms with E-state index in [4.69, 9.17) is 9.72 Å². The van der Waals surface area contributed by atoms with Crippen molar-refractivity contribution in [2.75, 3.05) is 11.9 Å². The van der Waals surface area contributed by atoms with Crippen molar-refractivity contribution in [3.05, 3.63) is 22.9 Å². The lowest BCUT2D eigenvalue weighted by Gasteiger charge is -2.21. The van der Waals surface area contributed by atoms with Crippen molar-refractivity contribution in [3.8, 4) is 6.07 Å². The fourth-order valence-electron chi connectivity index (χ4n) is 2.93. The number of pyridine rings is 1. The van der Waals surface area contributed by atoms with Gasteiger partial charge < -0.3 is 10.1 Å². The van der Waals surface area contributed by atoms with E-state index in [1.54, 1.807) is 0 Å². The molecule has 2 atom stereocenters. The van der Waals surface area contributed by atoms with Crippen molar-refractivity contribution in [2.45, 2.75) is 51.2 Å². The van der Waals surface area contributed by atoms with Crippen molar-refractivity contribution < 1.29 is 4.74 Å². The number of hydrogen-bond donors (Lipinski definition) is 1. The second kappa shape index (κ2) is 5.18. The number of nitriles is 1. The van der Waals surface area contributed by atoms with Gasteiger partial charge in [-0.25, -0.2) is 4.98 Å². The van der Waals surface area contributed by atoms with Crippen LogP contribution >= 0.6 is 0 Å². The Morgan fingerprint density at radius 3 is 3.00 bits per heavy atom. The molecule has 4 nitrogen and oxygen atoms in total. The molecule has 0 saturated carbocycles.